The van der Waals surface area contributed by atoms with Crippen LogP contribution in [0.5, 0.6) is 0 Å². The molecule has 22 heavy (non-hydrogen) atoms. The molecule has 0 radical (unpaired) electrons. The predicted molar refractivity (Wildman–Crippen MR) is 90.1 cm³/mol. The van der Waals surface area contributed by atoms with Crippen LogP contribution in [0.15, 0.2) is 54.6 Å². The summed E-state index contributed by atoms with van der Waals surface area (Å²) < 4.78 is 0. The zero-order chi connectivity index (χ0) is 15.5. The van der Waals surface area contributed by atoms with E-state index in [1.54, 1.807) is 11.8 Å². The first-order valence-electron chi connectivity index (χ1n) is 7.04. The zero-order valence-corrected chi connectivity index (χ0v) is 13.4. The lowest BCUT2D eigenvalue weighted by molar-refractivity contribution is -0.142. The molecule has 0 aromatic heterocycles. The number of hydrogen-bond donors (Lipinski definition) is 1. The van der Waals surface area contributed by atoms with Gasteiger partial charge in [-0.05, 0) is 23.3 Å². The number of aliphatic carboxylic acids is 1. The van der Waals surface area contributed by atoms with E-state index in [0.717, 1.165) is 11.1 Å². The van der Waals surface area contributed by atoms with Gasteiger partial charge in [-0.15, -0.1) is 11.8 Å². The summed E-state index contributed by atoms with van der Waals surface area (Å²) in [4.78, 5) is 13.6. The summed E-state index contributed by atoms with van der Waals surface area (Å²) in [7, 11) is 0. The Labute approximate surface area is 138 Å². The Bertz CT molecular complexity index is 665. The minimum absolute atomic E-state index is 0.0139. The molecule has 2 aromatic carbocycles. The molecular formula is C17H16ClNO2S. The summed E-state index contributed by atoms with van der Waals surface area (Å²) in [6.07, 6.45) is 0. The molecule has 3 nitrogen and oxygen atoms in total. The van der Waals surface area contributed by atoms with Gasteiger partial charge in [0.15, 0.2) is 0 Å². The average Bonchev–Trinajstić information content (AvgIpc) is 2.92. The third-order valence-corrected chi connectivity index (χ3v) is 5.34. The van der Waals surface area contributed by atoms with Crippen molar-refractivity contribution in [2.75, 3.05) is 5.75 Å². The molecule has 1 fully saturated rings. The van der Waals surface area contributed by atoms with E-state index >= 15 is 0 Å². The molecule has 1 heterocycles. The third kappa shape index (κ3) is 3.29. The van der Waals surface area contributed by atoms with Crippen LogP contribution in [0.2, 0.25) is 5.02 Å². The molecule has 0 bridgehead atoms. The number of thioether (sulfide) groups is 1. The van der Waals surface area contributed by atoms with Gasteiger partial charge in [0.1, 0.15) is 6.04 Å². The number of carboxylic acids is 1. The molecule has 1 aliphatic heterocycles. The lowest BCUT2D eigenvalue weighted by Crippen LogP contribution is -2.38. The van der Waals surface area contributed by atoms with Crippen molar-refractivity contribution in [3.05, 3.63) is 70.7 Å². The molecule has 0 aliphatic carbocycles. The van der Waals surface area contributed by atoms with E-state index in [-0.39, 0.29) is 5.37 Å². The van der Waals surface area contributed by atoms with Crippen LogP contribution in [0, 0.1) is 0 Å². The molecule has 2 aromatic rings. The SMILES string of the molecule is O=C(O)C1CSC(c2cccc(Cl)c2)N1Cc1ccccc1. The van der Waals surface area contributed by atoms with Crippen LogP contribution in [-0.2, 0) is 11.3 Å². The number of hydrogen-bond acceptors (Lipinski definition) is 3. The summed E-state index contributed by atoms with van der Waals surface area (Å²) >= 11 is 7.74. The van der Waals surface area contributed by atoms with Gasteiger partial charge in [-0.2, -0.15) is 0 Å². The largest absolute Gasteiger partial charge is 0.480 e. The number of carboxylic acid groups (broad SMARTS) is 1. The van der Waals surface area contributed by atoms with Crippen molar-refractivity contribution in [2.45, 2.75) is 18.0 Å². The molecule has 1 saturated heterocycles. The summed E-state index contributed by atoms with van der Waals surface area (Å²) in [6, 6.07) is 17.2. The maximum absolute atomic E-state index is 11.6. The second-order valence-electron chi connectivity index (χ2n) is 5.25. The van der Waals surface area contributed by atoms with Gasteiger partial charge in [0.2, 0.25) is 0 Å². The summed E-state index contributed by atoms with van der Waals surface area (Å²) in [5.74, 6) is -0.188. The third-order valence-electron chi connectivity index (χ3n) is 3.74. The monoisotopic (exact) mass is 333 g/mol. The van der Waals surface area contributed by atoms with Gasteiger partial charge in [-0.1, -0.05) is 54.1 Å². The molecule has 2 unspecified atom stereocenters. The normalized spacial score (nSPS) is 21.9. The Morgan fingerprint density at radius 2 is 2.00 bits per heavy atom. The Balaban J connectivity index is 1.90. The van der Waals surface area contributed by atoms with E-state index in [2.05, 4.69) is 0 Å². The summed E-state index contributed by atoms with van der Waals surface area (Å²) in [6.45, 7) is 0.613. The average molecular weight is 334 g/mol. The maximum Gasteiger partial charge on any atom is 0.321 e. The quantitative estimate of drug-likeness (QED) is 0.916. The molecule has 1 aliphatic rings. The highest BCUT2D eigenvalue weighted by Gasteiger charge is 2.39. The Morgan fingerprint density at radius 1 is 1.23 bits per heavy atom. The highest BCUT2D eigenvalue weighted by Crippen LogP contribution is 2.42. The molecule has 114 valence electrons. The van der Waals surface area contributed by atoms with E-state index in [4.69, 9.17) is 11.6 Å². The van der Waals surface area contributed by atoms with Crippen LogP contribution in [0.1, 0.15) is 16.5 Å². The number of rotatable bonds is 4. The van der Waals surface area contributed by atoms with Gasteiger partial charge in [0, 0.05) is 17.3 Å². The van der Waals surface area contributed by atoms with Crippen molar-refractivity contribution >= 4 is 29.3 Å². The second kappa shape index (κ2) is 6.73. The molecule has 0 saturated carbocycles. The van der Waals surface area contributed by atoms with Crippen LogP contribution in [-0.4, -0.2) is 27.8 Å². The van der Waals surface area contributed by atoms with E-state index < -0.39 is 12.0 Å². The zero-order valence-electron chi connectivity index (χ0n) is 11.9. The Kier molecular flexibility index (Phi) is 4.71. The first-order chi connectivity index (χ1) is 10.6. The smallest absolute Gasteiger partial charge is 0.321 e. The van der Waals surface area contributed by atoms with Crippen LogP contribution in [0.25, 0.3) is 0 Å². The molecule has 0 amide bonds. The van der Waals surface area contributed by atoms with E-state index in [1.165, 1.54) is 0 Å². The first-order valence-corrected chi connectivity index (χ1v) is 8.47. The first kappa shape index (κ1) is 15.4. The van der Waals surface area contributed by atoms with Gasteiger partial charge in [-0.25, -0.2) is 0 Å². The topological polar surface area (TPSA) is 40.5 Å². The van der Waals surface area contributed by atoms with E-state index in [0.29, 0.717) is 17.3 Å². The van der Waals surface area contributed by atoms with Gasteiger partial charge >= 0.3 is 5.97 Å². The molecule has 1 N–H and O–H groups in total. The fourth-order valence-corrected chi connectivity index (χ4v) is 4.33. The van der Waals surface area contributed by atoms with Crippen LogP contribution < -0.4 is 0 Å². The second-order valence-corrected chi connectivity index (χ2v) is 6.80. The number of halogens is 1. The minimum Gasteiger partial charge on any atom is -0.480 e. The van der Waals surface area contributed by atoms with Crippen molar-refractivity contribution in [1.82, 2.24) is 4.90 Å². The molecule has 5 heteroatoms. The lowest BCUT2D eigenvalue weighted by atomic mass is 10.1. The van der Waals surface area contributed by atoms with Crippen molar-refractivity contribution in [3.63, 3.8) is 0 Å². The fourth-order valence-electron chi connectivity index (χ4n) is 2.69. The number of nitrogens with zero attached hydrogens (tertiary/aromatic N) is 1. The van der Waals surface area contributed by atoms with Gasteiger partial charge in [0.05, 0.1) is 5.37 Å². The van der Waals surface area contributed by atoms with Gasteiger partial charge < -0.3 is 5.11 Å². The Hall–Kier alpha value is -1.49. The number of benzene rings is 2. The van der Waals surface area contributed by atoms with Gasteiger partial charge in [0.25, 0.3) is 0 Å². The molecule has 0 spiro atoms. The van der Waals surface area contributed by atoms with Crippen molar-refractivity contribution < 1.29 is 9.90 Å². The fraction of sp³-hybridized carbons (Fsp3) is 0.235. The van der Waals surface area contributed by atoms with Crippen LogP contribution >= 0.6 is 23.4 Å². The van der Waals surface area contributed by atoms with Crippen molar-refractivity contribution in [3.8, 4) is 0 Å². The standard InChI is InChI=1S/C17H16ClNO2S/c18-14-8-4-7-13(9-14)16-19(15(11-22-16)17(20)21)10-12-5-2-1-3-6-12/h1-9,15-16H,10-11H2,(H,20,21). The minimum atomic E-state index is -0.770. The summed E-state index contributed by atoms with van der Waals surface area (Å²) in [5.41, 5.74) is 2.17. The summed E-state index contributed by atoms with van der Waals surface area (Å²) in [5, 5.41) is 10.2. The molecule has 3 rings (SSSR count). The lowest BCUT2D eigenvalue weighted by Gasteiger charge is -2.27. The van der Waals surface area contributed by atoms with Gasteiger partial charge in [-0.3, -0.25) is 9.69 Å². The highest BCUT2D eigenvalue weighted by atomic mass is 35.5. The van der Waals surface area contributed by atoms with E-state index in [1.807, 2.05) is 59.5 Å². The van der Waals surface area contributed by atoms with Crippen molar-refractivity contribution in [1.29, 1.82) is 0 Å². The maximum atomic E-state index is 11.6. The number of carbonyl (C=O) groups is 1. The van der Waals surface area contributed by atoms with E-state index in [9.17, 15) is 9.90 Å². The van der Waals surface area contributed by atoms with Crippen LogP contribution in [0.3, 0.4) is 0 Å². The Morgan fingerprint density at radius 3 is 2.68 bits per heavy atom. The molecular weight excluding hydrogens is 318 g/mol. The van der Waals surface area contributed by atoms with Crippen LogP contribution in [0.4, 0.5) is 0 Å². The van der Waals surface area contributed by atoms with Crippen molar-refractivity contribution in [2.24, 2.45) is 0 Å². The molecule has 2 atom stereocenters. The highest BCUT2D eigenvalue weighted by molar-refractivity contribution is 7.99. The predicted octanol–water partition coefficient (Wildman–Crippen LogP) is 4.04.